The molecule has 2 fully saturated rings. The number of nitrogens with zero attached hydrogens (tertiary/aromatic N) is 1. The van der Waals surface area contributed by atoms with Crippen molar-refractivity contribution in [1.29, 1.82) is 0 Å². The quantitative estimate of drug-likeness (QED) is 0.0946. The zero-order valence-electron chi connectivity index (χ0n) is 48.2. The molecular formula is C68H83N3O6. The van der Waals surface area contributed by atoms with E-state index in [0.717, 1.165) is 25.7 Å². The summed E-state index contributed by atoms with van der Waals surface area (Å²) in [4.78, 5) is 69.0. The van der Waals surface area contributed by atoms with Crippen molar-refractivity contribution in [3.05, 3.63) is 161 Å². The first kappa shape index (κ1) is 56.6. The molecule has 5 aromatic rings. The number of carbonyl (C=O) groups is 4. The number of esters is 2. The first-order chi connectivity index (χ1) is 36.2. The fourth-order valence-corrected chi connectivity index (χ4v) is 12.6. The highest BCUT2D eigenvalue weighted by Crippen LogP contribution is 2.52. The van der Waals surface area contributed by atoms with E-state index in [-0.39, 0.29) is 80.2 Å². The third-order valence-electron chi connectivity index (χ3n) is 16.7. The van der Waals surface area contributed by atoms with Crippen LogP contribution in [0.4, 0.5) is 5.82 Å². The van der Waals surface area contributed by atoms with Crippen LogP contribution in [-0.2, 0) is 14.3 Å². The van der Waals surface area contributed by atoms with Gasteiger partial charge >= 0.3 is 11.9 Å². The van der Waals surface area contributed by atoms with E-state index >= 15 is 9.59 Å². The number of anilines is 1. The smallest absolute Gasteiger partial charge is 0.342 e. The fraction of sp³-hybridized carbons (Fsp3) is 0.456. The Balaban J connectivity index is 1.37. The van der Waals surface area contributed by atoms with Gasteiger partial charge in [0.2, 0.25) is 0 Å². The number of ketones is 1. The van der Waals surface area contributed by atoms with Crippen LogP contribution in [0.15, 0.2) is 138 Å². The minimum atomic E-state index is -0.563. The second-order valence-corrected chi connectivity index (χ2v) is 26.8. The summed E-state index contributed by atoms with van der Waals surface area (Å²) in [5.41, 5.74) is 4.10. The van der Waals surface area contributed by atoms with Gasteiger partial charge in [-0.05, 0) is 88.5 Å². The van der Waals surface area contributed by atoms with Crippen LogP contribution in [0.25, 0.3) is 22.8 Å². The van der Waals surface area contributed by atoms with Crippen LogP contribution in [-0.4, -0.2) is 46.5 Å². The summed E-state index contributed by atoms with van der Waals surface area (Å²) in [6, 6.07) is 37.2. The van der Waals surface area contributed by atoms with Crippen LogP contribution in [0.1, 0.15) is 171 Å². The lowest BCUT2D eigenvalue weighted by molar-refractivity contribution is -0.164. The maximum atomic E-state index is 15.7. The molecule has 3 aliphatic rings. The van der Waals surface area contributed by atoms with Gasteiger partial charge in [0, 0.05) is 45.9 Å². The average molecular weight is 1040 g/mol. The summed E-state index contributed by atoms with van der Waals surface area (Å²) in [5, 5.41) is 3.10. The van der Waals surface area contributed by atoms with E-state index in [1.807, 2.05) is 91.0 Å². The standard InChI is InChI=1S/C68H83N3O6/c1-41-35-47(65(3,4)5)59(48(36-41)66(6,7)8)76-63(74)57-53(40-54(72)43-27-19-15-20-28-43)69-51(55(57)44-29-21-16-22-30-44)39-52-56(45-31-23-17-24-32-45)58(61(70-52)71-62(73)46-33-25-18-26-34-46)64(75)77-60-49(67(9,10)11)37-42(2)38-50(60)68(12,13)14/h15-34,39,41-42,47-50,59-60,70H,35-38,40H2,1-14H3,(H,71,73)/b51-39-. The van der Waals surface area contributed by atoms with Crippen LogP contribution in [0.5, 0.6) is 0 Å². The van der Waals surface area contributed by atoms with E-state index in [1.54, 1.807) is 36.4 Å². The molecule has 4 unspecified atom stereocenters. The van der Waals surface area contributed by atoms with Gasteiger partial charge in [-0.15, -0.1) is 0 Å². The lowest BCUT2D eigenvalue weighted by Gasteiger charge is -2.50. The molecule has 4 aromatic carbocycles. The van der Waals surface area contributed by atoms with Crippen LogP contribution in [0.3, 0.4) is 0 Å². The summed E-state index contributed by atoms with van der Waals surface area (Å²) in [7, 11) is 0. The highest BCUT2D eigenvalue weighted by Gasteiger charge is 2.50. The highest BCUT2D eigenvalue weighted by atomic mass is 16.5. The second-order valence-electron chi connectivity index (χ2n) is 26.8. The third-order valence-corrected chi connectivity index (χ3v) is 16.7. The number of nitrogens with one attached hydrogen (secondary N) is 2. The number of hydrogen-bond donors (Lipinski definition) is 2. The molecule has 2 N–H and O–H groups in total. The van der Waals surface area contributed by atoms with E-state index < -0.39 is 30.1 Å². The van der Waals surface area contributed by atoms with Crippen molar-refractivity contribution in [2.45, 2.75) is 141 Å². The predicted octanol–water partition coefficient (Wildman–Crippen LogP) is 16.4. The number of carbonyl (C=O) groups excluding carboxylic acids is 4. The van der Waals surface area contributed by atoms with Crippen molar-refractivity contribution in [3.8, 4) is 11.1 Å². The number of ether oxygens (including phenoxy) is 2. The van der Waals surface area contributed by atoms with E-state index in [4.69, 9.17) is 14.5 Å². The molecule has 9 heteroatoms. The molecule has 4 atom stereocenters. The molecule has 0 radical (unpaired) electrons. The van der Waals surface area contributed by atoms with Crippen molar-refractivity contribution >= 4 is 46.8 Å². The molecule has 1 amide bonds. The number of aromatic nitrogens is 1. The molecule has 2 heterocycles. The van der Waals surface area contributed by atoms with Gasteiger partial charge in [-0.25, -0.2) is 9.59 Å². The Morgan fingerprint density at radius 1 is 0.558 bits per heavy atom. The maximum absolute atomic E-state index is 15.7. The molecule has 0 spiro atoms. The predicted molar refractivity (Wildman–Crippen MR) is 312 cm³/mol. The van der Waals surface area contributed by atoms with Crippen molar-refractivity contribution in [2.75, 3.05) is 5.32 Å². The van der Waals surface area contributed by atoms with Crippen molar-refractivity contribution in [1.82, 2.24) is 4.98 Å². The van der Waals surface area contributed by atoms with E-state index in [2.05, 4.69) is 107 Å². The van der Waals surface area contributed by atoms with Gasteiger partial charge in [0.25, 0.3) is 5.91 Å². The molecule has 9 nitrogen and oxygen atoms in total. The highest BCUT2D eigenvalue weighted by molar-refractivity contribution is 6.34. The summed E-state index contributed by atoms with van der Waals surface area (Å²) in [6.45, 7) is 31.4. The largest absolute Gasteiger partial charge is 0.458 e. The molecule has 1 aromatic heterocycles. The maximum Gasteiger partial charge on any atom is 0.342 e. The number of aliphatic imine (C=N–C) groups is 1. The zero-order chi connectivity index (χ0) is 55.8. The van der Waals surface area contributed by atoms with Crippen molar-refractivity contribution < 1.29 is 28.7 Å². The van der Waals surface area contributed by atoms with Gasteiger partial charge in [0.1, 0.15) is 23.6 Å². The molecule has 406 valence electrons. The van der Waals surface area contributed by atoms with Crippen molar-refractivity contribution in [3.63, 3.8) is 0 Å². The Labute approximate surface area is 458 Å². The number of benzene rings is 4. The summed E-state index contributed by atoms with van der Waals surface area (Å²) >= 11 is 0. The minimum Gasteiger partial charge on any atom is -0.458 e. The fourth-order valence-electron chi connectivity index (χ4n) is 12.6. The Morgan fingerprint density at radius 3 is 1.40 bits per heavy atom. The lowest BCUT2D eigenvalue weighted by atomic mass is 9.59. The summed E-state index contributed by atoms with van der Waals surface area (Å²) in [6.07, 6.45) is 4.45. The number of amides is 1. The first-order valence-corrected chi connectivity index (χ1v) is 28.0. The summed E-state index contributed by atoms with van der Waals surface area (Å²) < 4.78 is 14.0. The normalized spacial score (nSPS) is 23.8. The van der Waals surface area contributed by atoms with E-state index in [9.17, 15) is 9.59 Å². The van der Waals surface area contributed by atoms with Crippen LogP contribution in [0, 0.1) is 57.2 Å². The van der Waals surface area contributed by atoms with Crippen LogP contribution < -0.4 is 5.32 Å². The Morgan fingerprint density at radius 2 is 0.961 bits per heavy atom. The zero-order valence-corrected chi connectivity index (χ0v) is 48.2. The molecule has 77 heavy (non-hydrogen) atoms. The number of rotatable bonds is 12. The Hall–Kier alpha value is -6.61. The SMILES string of the molecule is CC1CC(C(C)(C)C)C(OC(=O)C2=C(c3ccccc3)/C(=C/c3[nH]c(NC(=O)c4ccccc4)c(C(=O)OC4C(C(C)(C)C)CC(C)CC4C(C)(C)C)c3-c3ccccc3)N=C2CC(=O)c2ccccc2)C(C(C)(C)C)C1. The van der Waals surface area contributed by atoms with Gasteiger partial charge in [-0.3, -0.25) is 14.6 Å². The average Bonchev–Trinajstić information content (AvgIpc) is 3.96. The van der Waals surface area contributed by atoms with Crippen molar-refractivity contribution in [2.24, 2.45) is 62.2 Å². The summed E-state index contributed by atoms with van der Waals surface area (Å²) in [5.74, 6) is -0.440. The van der Waals surface area contributed by atoms with Gasteiger partial charge in [0.15, 0.2) is 5.78 Å². The number of aromatic amines is 1. The third kappa shape index (κ3) is 12.7. The number of hydrogen-bond acceptors (Lipinski definition) is 7. The lowest BCUT2D eigenvalue weighted by Crippen LogP contribution is -2.49. The van der Waals surface area contributed by atoms with Gasteiger partial charge in [-0.1, -0.05) is 206 Å². The number of Topliss-reactive ketones (excluding diaryl/α,β-unsaturated/α-hetero) is 1. The van der Waals surface area contributed by atoms with Crippen LogP contribution >= 0.6 is 0 Å². The minimum absolute atomic E-state index is 0.0541. The number of allylic oxidation sites excluding steroid dienone is 1. The monoisotopic (exact) mass is 1040 g/mol. The molecule has 2 saturated carbocycles. The van der Waals surface area contributed by atoms with Gasteiger partial charge in [0.05, 0.1) is 29.1 Å². The molecule has 0 saturated heterocycles. The topological polar surface area (TPSA) is 127 Å². The Bertz CT molecular complexity index is 2980. The second kappa shape index (κ2) is 22.4. The molecule has 0 bridgehead atoms. The molecule has 2 aliphatic carbocycles. The van der Waals surface area contributed by atoms with E-state index in [0.29, 0.717) is 56.6 Å². The van der Waals surface area contributed by atoms with Gasteiger partial charge in [-0.2, -0.15) is 0 Å². The molecule has 1 aliphatic heterocycles. The first-order valence-electron chi connectivity index (χ1n) is 28.0. The van der Waals surface area contributed by atoms with Crippen LogP contribution in [0.2, 0.25) is 0 Å². The van der Waals surface area contributed by atoms with E-state index in [1.165, 1.54) is 0 Å². The molecule has 8 rings (SSSR count). The molecular weight excluding hydrogens is 955 g/mol. The van der Waals surface area contributed by atoms with Gasteiger partial charge < -0.3 is 19.8 Å². The number of H-pyrrole nitrogens is 1. The Kier molecular flexibility index (Phi) is 16.5.